The molecular formula is C11H20N2O2. The van der Waals surface area contributed by atoms with Crippen LogP contribution in [0.1, 0.15) is 32.1 Å². The molecule has 0 aromatic rings. The normalized spacial score (nSPS) is 31.9. The van der Waals surface area contributed by atoms with Gasteiger partial charge in [0.05, 0.1) is 6.61 Å². The highest BCUT2D eigenvalue weighted by Gasteiger charge is 2.35. The lowest BCUT2D eigenvalue weighted by atomic mass is 9.95. The molecule has 86 valence electrons. The minimum Gasteiger partial charge on any atom is -0.330 e. The van der Waals surface area contributed by atoms with Gasteiger partial charge in [-0.15, -0.1) is 0 Å². The highest BCUT2D eigenvalue weighted by atomic mass is 16.7. The summed E-state index contributed by atoms with van der Waals surface area (Å²) in [4.78, 5) is 17.5. The number of carbonyl (C=O) groups is 1. The van der Waals surface area contributed by atoms with Gasteiger partial charge in [-0.05, 0) is 38.1 Å². The second-order valence-electron chi connectivity index (χ2n) is 4.51. The van der Waals surface area contributed by atoms with Crippen LogP contribution in [0.15, 0.2) is 0 Å². The third-order valence-electron chi connectivity index (χ3n) is 3.53. The molecule has 0 spiro atoms. The topological polar surface area (TPSA) is 55.6 Å². The summed E-state index contributed by atoms with van der Waals surface area (Å²) < 4.78 is 0. The lowest BCUT2D eigenvalue weighted by Gasteiger charge is -2.29. The third kappa shape index (κ3) is 2.32. The van der Waals surface area contributed by atoms with Gasteiger partial charge >= 0.3 is 0 Å². The number of carbonyl (C=O) groups excluding carboxylic acids is 1. The lowest BCUT2D eigenvalue weighted by Crippen LogP contribution is -2.41. The van der Waals surface area contributed by atoms with Crippen LogP contribution in [-0.4, -0.2) is 30.7 Å². The second-order valence-corrected chi connectivity index (χ2v) is 4.51. The first-order valence-corrected chi connectivity index (χ1v) is 5.97. The van der Waals surface area contributed by atoms with Crippen molar-refractivity contribution in [3.05, 3.63) is 0 Å². The number of hydroxylamine groups is 2. The van der Waals surface area contributed by atoms with Gasteiger partial charge in [0, 0.05) is 12.5 Å². The molecule has 2 rings (SSSR count). The average molecular weight is 212 g/mol. The van der Waals surface area contributed by atoms with Crippen LogP contribution in [0, 0.1) is 11.8 Å². The first-order valence-electron chi connectivity index (χ1n) is 5.97. The first-order chi connectivity index (χ1) is 7.33. The Balaban J connectivity index is 1.93. The van der Waals surface area contributed by atoms with Gasteiger partial charge in [0.2, 0.25) is 5.91 Å². The van der Waals surface area contributed by atoms with E-state index in [2.05, 4.69) is 0 Å². The molecule has 0 aromatic carbocycles. The first kappa shape index (κ1) is 10.9. The van der Waals surface area contributed by atoms with Gasteiger partial charge in [0.15, 0.2) is 0 Å². The SMILES string of the molecule is NCC1CCCC1C(=O)N1CCCCO1. The molecule has 2 atom stereocenters. The van der Waals surface area contributed by atoms with Crippen molar-refractivity contribution in [1.82, 2.24) is 5.06 Å². The van der Waals surface area contributed by atoms with Gasteiger partial charge < -0.3 is 5.73 Å². The molecule has 2 unspecified atom stereocenters. The number of rotatable bonds is 2. The molecule has 0 bridgehead atoms. The van der Waals surface area contributed by atoms with E-state index in [1.807, 2.05) is 0 Å². The van der Waals surface area contributed by atoms with E-state index >= 15 is 0 Å². The number of nitrogens with two attached hydrogens (primary N) is 1. The Hall–Kier alpha value is -0.610. The van der Waals surface area contributed by atoms with E-state index in [0.717, 1.165) is 38.6 Å². The van der Waals surface area contributed by atoms with Crippen molar-refractivity contribution < 1.29 is 9.63 Å². The summed E-state index contributed by atoms with van der Waals surface area (Å²) in [6, 6.07) is 0. The van der Waals surface area contributed by atoms with E-state index in [4.69, 9.17) is 10.6 Å². The zero-order valence-electron chi connectivity index (χ0n) is 9.15. The van der Waals surface area contributed by atoms with Crippen LogP contribution in [0.4, 0.5) is 0 Å². The number of amides is 1. The quantitative estimate of drug-likeness (QED) is 0.740. The maximum atomic E-state index is 12.1. The van der Waals surface area contributed by atoms with Crippen molar-refractivity contribution in [3.63, 3.8) is 0 Å². The van der Waals surface area contributed by atoms with Crippen LogP contribution in [0.5, 0.6) is 0 Å². The Kier molecular flexibility index (Phi) is 3.59. The van der Waals surface area contributed by atoms with Gasteiger partial charge in [-0.1, -0.05) is 6.42 Å². The molecule has 1 aliphatic carbocycles. The second kappa shape index (κ2) is 4.94. The number of hydrogen-bond donors (Lipinski definition) is 1. The van der Waals surface area contributed by atoms with Crippen molar-refractivity contribution in [3.8, 4) is 0 Å². The highest BCUT2D eigenvalue weighted by Crippen LogP contribution is 2.32. The summed E-state index contributed by atoms with van der Waals surface area (Å²) in [5, 5.41) is 1.57. The van der Waals surface area contributed by atoms with Crippen LogP contribution in [0.3, 0.4) is 0 Å². The largest absolute Gasteiger partial charge is 0.330 e. The molecule has 0 aromatic heterocycles. The standard InChI is InChI=1S/C11H20N2O2/c12-8-9-4-3-5-10(9)11(14)13-6-1-2-7-15-13/h9-10H,1-8,12H2. The summed E-state index contributed by atoms with van der Waals surface area (Å²) in [5.74, 6) is 0.666. The molecule has 4 nitrogen and oxygen atoms in total. The van der Waals surface area contributed by atoms with E-state index in [1.54, 1.807) is 5.06 Å². The minimum atomic E-state index is 0.119. The van der Waals surface area contributed by atoms with Crippen molar-refractivity contribution in [1.29, 1.82) is 0 Å². The average Bonchev–Trinajstić information content (AvgIpc) is 2.77. The highest BCUT2D eigenvalue weighted by molar-refractivity contribution is 5.78. The molecule has 2 aliphatic rings. The van der Waals surface area contributed by atoms with Gasteiger partial charge in [-0.2, -0.15) is 0 Å². The monoisotopic (exact) mass is 212 g/mol. The van der Waals surface area contributed by atoms with Gasteiger partial charge in [0.25, 0.3) is 0 Å². The molecule has 1 saturated heterocycles. The van der Waals surface area contributed by atoms with Crippen molar-refractivity contribution in [2.45, 2.75) is 32.1 Å². The van der Waals surface area contributed by atoms with E-state index in [9.17, 15) is 4.79 Å². The summed E-state index contributed by atoms with van der Waals surface area (Å²) in [6.07, 6.45) is 5.34. The maximum absolute atomic E-state index is 12.1. The van der Waals surface area contributed by atoms with Crippen molar-refractivity contribution >= 4 is 5.91 Å². The number of nitrogens with zero attached hydrogens (tertiary/aromatic N) is 1. The molecule has 1 amide bonds. The van der Waals surface area contributed by atoms with Crippen molar-refractivity contribution in [2.24, 2.45) is 17.6 Å². The molecule has 1 saturated carbocycles. The fourth-order valence-corrected chi connectivity index (χ4v) is 2.60. The van der Waals surface area contributed by atoms with E-state index in [0.29, 0.717) is 19.1 Å². The van der Waals surface area contributed by atoms with E-state index < -0.39 is 0 Å². The van der Waals surface area contributed by atoms with Crippen LogP contribution >= 0.6 is 0 Å². The third-order valence-corrected chi connectivity index (χ3v) is 3.53. The Morgan fingerprint density at radius 2 is 2.20 bits per heavy atom. The maximum Gasteiger partial charge on any atom is 0.249 e. The fraction of sp³-hybridized carbons (Fsp3) is 0.909. The molecule has 2 fully saturated rings. The van der Waals surface area contributed by atoms with Crippen LogP contribution in [0.25, 0.3) is 0 Å². The predicted octanol–water partition coefficient (Wildman–Crippen LogP) is 0.915. The minimum absolute atomic E-state index is 0.119. The zero-order chi connectivity index (χ0) is 10.7. The zero-order valence-corrected chi connectivity index (χ0v) is 9.15. The van der Waals surface area contributed by atoms with Gasteiger partial charge in [0.1, 0.15) is 0 Å². The Labute approximate surface area is 90.7 Å². The van der Waals surface area contributed by atoms with Crippen LogP contribution < -0.4 is 5.73 Å². The molecule has 15 heavy (non-hydrogen) atoms. The Morgan fingerprint density at radius 1 is 1.33 bits per heavy atom. The summed E-state index contributed by atoms with van der Waals surface area (Å²) >= 11 is 0. The molecular weight excluding hydrogens is 192 g/mol. The summed E-state index contributed by atoms with van der Waals surface area (Å²) in [5.41, 5.74) is 5.68. The van der Waals surface area contributed by atoms with Crippen LogP contribution in [-0.2, 0) is 9.63 Å². The van der Waals surface area contributed by atoms with Crippen molar-refractivity contribution in [2.75, 3.05) is 19.7 Å². The molecule has 1 aliphatic heterocycles. The Bertz CT molecular complexity index is 227. The molecule has 4 heteroatoms. The Morgan fingerprint density at radius 3 is 2.87 bits per heavy atom. The van der Waals surface area contributed by atoms with Gasteiger partial charge in [-0.3, -0.25) is 9.63 Å². The van der Waals surface area contributed by atoms with Crippen LogP contribution in [0.2, 0.25) is 0 Å². The predicted molar refractivity (Wildman–Crippen MR) is 56.8 cm³/mol. The molecule has 1 heterocycles. The van der Waals surface area contributed by atoms with E-state index in [1.165, 1.54) is 0 Å². The lowest BCUT2D eigenvalue weighted by molar-refractivity contribution is -0.202. The van der Waals surface area contributed by atoms with E-state index in [-0.39, 0.29) is 11.8 Å². The summed E-state index contributed by atoms with van der Waals surface area (Å²) in [7, 11) is 0. The molecule has 0 radical (unpaired) electrons. The summed E-state index contributed by atoms with van der Waals surface area (Å²) in [6.45, 7) is 2.07. The fourth-order valence-electron chi connectivity index (χ4n) is 2.60. The smallest absolute Gasteiger partial charge is 0.249 e. The molecule has 2 N–H and O–H groups in total. The number of hydrogen-bond acceptors (Lipinski definition) is 3. The van der Waals surface area contributed by atoms with Gasteiger partial charge in [-0.25, -0.2) is 5.06 Å².